The fourth-order valence-electron chi connectivity index (χ4n) is 1.38. The average Bonchev–Trinajstić information content (AvgIpc) is 2.76. The quantitative estimate of drug-likeness (QED) is 0.791. The standard InChI is InChI=1S/C11H14N4/c1-2-12-8-10-7-11(15-14-10)9-3-5-13-6-4-9/h3-7,12H,2,8H2,1H3,(H,14,15). The average molecular weight is 202 g/mol. The number of nitrogens with one attached hydrogen (secondary N) is 2. The van der Waals surface area contributed by atoms with E-state index in [1.165, 1.54) is 0 Å². The molecule has 0 aliphatic heterocycles. The third kappa shape index (κ3) is 2.41. The van der Waals surface area contributed by atoms with Gasteiger partial charge in [0.05, 0.1) is 5.69 Å². The van der Waals surface area contributed by atoms with Gasteiger partial charge in [0.2, 0.25) is 0 Å². The largest absolute Gasteiger partial charge is 0.311 e. The van der Waals surface area contributed by atoms with Gasteiger partial charge in [-0.3, -0.25) is 10.1 Å². The number of rotatable bonds is 4. The Labute approximate surface area is 88.8 Å². The molecule has 0 radical (unpaired) electrons. The van der Waals surface area contributed by atoms with Crippen LogP contribution in [0.4, 0.5) is 0 Å². The number of hydrogen-bond acceptors (Lipinski definition) is 3. The molecular formula is C11H14N4. The van der Waals surface area contributed by atoms with Crippen LogP contribution < -0.4 is 5.32 Å². The number of hydrogen-bond donors (Lipinski definition) is 2. The zero-order chi connectivity index (χ0) is 10.5. The van der Waals surface area contributed by atoms with E-state index in [2.05, 4.69) is 33.5 Å². The van der Waals surface area contributed by atoms with Gasteiger partial charge in [-0.1, -0.05) is 6.92 Å². The summed E-state index contributed by atoms with van der Waals surface area (Å²) in [6.45, 7) is 3.87. The maximum absolute atomic E-state index is 4.25. The zero-order valence-electron chi connectivity index (χ0n) is 8.70. The maximum atomic E-state index is 4.25. The summed E-state index contributed by atoms with van der Waals surface area (Å²) in [6.07, 6.45) is 3.54. The van der Waals surface area contributed by atoms with Gasteiger partial charge in [-0.15, -0.1) is 0 Å². The summed E-state index contributed by atoms with van der Waals surface area (Å²) in [5.41, 5.74) is 3.15. The van der Waals surface area contributed by atoms with Crippen LogP contribution in [0.15, 0.2) is 30.6 Å². The van der Waals surface area contributed by atoms with E-state index in [1.54, 1.807) is 12.4 Å². The highest BCUT2D eigenvalue weighted by Crippen LogP contribution is 2.15. The van der Waals surface area contributed by atoms with Crippen molar-refractivity contribution in [2.75, 3.05) is 6.54 Å². The van der Waals surface area contributed by atoms with E-state index >= 15 is 0 Å². The first-order chi connectivity index (χ1) is 7.40. The normalized spacial score (nSPS) is 10.5. The van der Waals surface area contributed by atoms with E-state index in [9.17, 15) is 0 Å². The van der Waals surface area contributed by atoms with E-state index in [0.29, 0.717) is 0 Å². The summed E-state index contributed by atoms with van der Waals surface area (Å²) in [6, 6.07) is 5.96. The molecule has 0 amide bonds. The van der Waals surface area contributed by atoms with E-state index in [1.807, 2.05) is 12.1 Å². The number of nitrogens with zero attached hydrogens (tertiary/aromatic N) is 2. The first kappa shape index (κ1) is 9.86. The van der Waals surface area contributed by atoms with Crippen LogP contribution in [-0.4, -0.2) is 21.7 Å². The molecule has 2 heterocycles. The predicted molar refractivity (Wildman–Crippen MR) is 59.2 cm³/mol. The maximum Gasteiger partial charge on any atom is 0.0925 e. The van der Waals surface area contributed by atoms with Crippen LogP contribution in [0.25, 0.3) is 11.3 Å². The van der Waals surface area contributed by atoms with Gasteiger partial charge < -0.3 is 5.32 Å². The van der Waals surface area contributed by atoms with Crippen molar-refractivity contribution >= 4 is 0 Å². The number of aromatic nitrogens is 3. The lowest BCUT2D eigenvalue weighted by atomic mass is 10.2. The molecule has 2 rings (SSSR count). The minimum absolute atomic E-state index is 0.828. The smallest absolute Gasteiger partial charge is 0.0925 e. The molecule has 2 N–H and O–H groups in total. The van der Waals surface area contributed by atoms with Gasteiger partial charge in [-0.05, 0) is 24.7 Å². The molecule has 4 heteroatoms. The Morgan fingerprint density at radius 1 is 1.33 bits per heavy atom. The highest BCUT2D eigenvalue weighted by Gasteiger charge is 2.02. The van der Waals surface area contributed by atoms with E-state index in [0.717, 1.165) is 30.0 Å². The lowest BCUT2D eigenvalue weighted by Crippen LogP contribution is -2.11. The van der Waals surface area contributed by atoms with Crippen LogP contribution in [-0.2, 0) is 6.54 Å². The third-order valence-corrected chi connectivity index (χ3v) is 2.17. The van der Waals surface area contributed by atoms with Crippen molar-refractivity contribution in [3.05, 3.63) is 36.3 Å². The third-order valence-electron chi connectivity index (χ3n) is 2.17. The highest BCUT2D eigenvalue weighted by molar-refractivity contribution is 5.58. The second kappa shape index (κ2) is 4.70. The summed E-state index contributed by atoms with van der Waals surface area (Å²) in [7, 11) is 0. The van der Waals surface area contributed by atoms with Gasteiger partial charge in [0.1, 0.15) is 0 Å². The van der Waals surface area contributed by atoms with Gasteiger partial charge in [-0.25, -0.2) is 0 Å². The van der Waals surface area contributed by atoms with Gasteiger partial charge in [0.25, 0.3) is 0 Å². The lowest BCUT2D eigenvalue weighted by Gasteiger charge is -1.95. The molecule has 0 fully saturated rings. The summed E-state index contributed by atoms with van der Waals surface area (Å²) < 4.78 is 0. The molecular weight excluding hydrogens is 188 g/mol. The molecule has 0 saturated carbocycles. The first-order valence-electron chi connectivity index (χ1n) is 5.05. The molecule has 15 heavy (non-hydrogen) atoms. The summed E-state index contributed by atoms with van der Waals surface area (Å²) in [5.74, 6) is 0. The summed E-state index contributed by atoms with van der Waals surface area (Å²) >= 11 is 0. The molecule has 78 valence electrons. The van der Waals surface area contributed by atoms with Crippen molar-refractivity contribution in [2.45, 2.75) is 13.5 Å². The second-order valence-electron chi connectivity index (χ2n) is 3.29. The van der Waals surface area contributed by atoms with Gasteiger partial charge in [0.15, 0.2) is 0 Å². The minimum atomic E-state index is 0.828. The SMILES string of the molecule is CCNCc1cc(-c2ccncc2)n[nH]1. The van der Waals surface area contributed by atoms with Crippen LogP contribution in [0.2, 0.25) is 0 Å². The summed E-state index contributed by atoms with van der Waals surface area (Å²) in [4.78, 5) is 3.98. The van der Waals surface area contributed by atoms with E-state index in [4.69, 9.17) is 0 Å². The van der Waals surface area contributed by atoms with Gasteiger partial charge >= 0.3 is 0 Å². The number of aromatic amines is 1. The van der Waals surface area contributed by atoms with Crippen LogP contribution in [0.3, 0.4) is 0 Å². The molecule has 0 aromatic carbocycles. The number of H-pyrrole nitrogens is 1. The van der Waals surface area contributed by atoms with Crippen LogP contribution in [0, 0.1) is 0 Å². The Bertz CT molecular complexity index is 408. The molecule has 4 nitrogen and oxygen atoms in total. The molecule has 0 saturated heterocycles. The van der Waals surface area contributed by atoms with Crippen molar-refractivity contribution < 1.29 is 0 Å². The Morgan fingerprint density at radius 2 is 2.13 bits per heavy atom. The van der Waals surface area contributed by atoms with Gasteiger partial charge in [0, 0.05) is 30.2 Å². The second-order valence-corrected chi connectivity index (χ2v) is 3.29. The highest BCUT2D eigenvalue weighted by atomic mass is 15.1. The Morgan fingerprint density at radius 3 is 2.87 bits per heavy atom. The number of pyridine rings is 1. The minimum Gasteiger partial charge on any atom is -0.311 e. The van der Waals surface area contributed by atoms with Crippen molar-refractivity contribution in [1.82, 2.24) is 20.5 Å². The van der Waals surface area contributed by atoms with Crippen LogP contribution >= 0.6 is 0 Å². The molecule has 2 aromatic rings. The summed E-state index contributed by atoms with van der Waals surface area (Å²) in [5, 5.41) is 10.5. The van der Waals surface area contributed by atoms with Crippen LogP contribution in [0.5, 0.6) is 0 Å². The molecule has 0 unspecified atom stereocenters. The van der Waals surface area contributed by atoms with Crippen molar-refractivity contribution in [3.63, 3.8) is 0 Å². The fourth-order valence-corrected chi connectivity index (χ4v) is 1.38. The zero-order valence-corrected chi connectivity index (χ0v) is 8.70. The van der Waals surface area contributed by atoms with Crippen molar-refractivity contribution in [2.24, 2.45) is 0 Å². The van der Waals surface area contributed by atoms with E-state index in [-0.39, 0.29) is 0 Å². The molecule has 0 spiro atoms. The van der Waals surface area contributed by atoms with Gasteiger partial charge in [-0.2, -0.15) is 5.10 Å². The van der Waals surface area contributed by atoms with Crippen molar-refractivity contribution in [3.8, 4) is 11.3 Å². The molecule has 2 aromatic heterocycles. The topological polar surface area (TPSA) is 53.6 Å². The molecule has 0 aliphatic carbocycles. The predicted octanol–water partition coefficient (Wildman–Crippen LogP) is 1.58. The van der Waals surface area contributed by atoms with Crippen LogP contribution in [0.1, 0.15) is 12.6 Å². The Balaban J connectivity index is 2.14. The lowest BCUT2D eigenvalue weighted by molar-refractivity contribution is 0.707. The monoisotopic (exact) mass is 202 g/mol. The molecule has 0 aliphatic rings. The Hall–Kier alpha value is -1.68. The van der Waals surface area contributed by atoms with E-state index < -0.39 is 0 Å². The molecule has 0 atom stereocenters. The first-order valence-corrected chi connectivity index (χ1v) is 5.05. The Kier molecular flexibility index (Phi) is 3.09. The van der Waals surface area contributed by atoms with Crippen molar-refractivity contribution in [1.29, 1.82) is 0 Å². The fraction of sp³-hybridized carbons (Fsp3) is 0.273. The molecule has 0 bridgehead atoms.